The summed E-state index contributed by atoms with van der Waals surface area (Å²) in [5.74, 6) is -1.42. The molecule has 0 spiro atoms. The summed E-state index contributed by atoms with van der Waals surface area (Å²) in [5, 5.41) is 8.65. The van der Waals surface area contributed by atoms with Gasteiger partial charge in [0.2, 0.25) is 0 Å². The Kier molecular flexibility index (Phi) is 2.56. The second-order valence-corrected chi connectivity index (χ2v) is 4.11. The van der Waals surface area contributed by atoms with Gasteiger partial charge < -0.3 is 5.11 Å². The lowest BCUT2D eigenvalue weighted by molar-refractivity contribution is -0.141. The summed E-state index contributed by atoms with van der Waals surface area (Å²) >= 11 is 0. The van der Waals surface area contributed by atoms with Crippen LogP contribution in [0.2, 0.25) is 0 Å². The first kappa shape index (κ1) is 11.8. The number of carboxylic acid groups (broad SMARTS) is 1. The van der Waals surface area contributed by atoms with Gasteiger partial charge in [0, 0.05) is 12.1 Å². The van der Waals surface area contributed by atoms with Crippen molar-refractivity contribution >= 4 is 5.97 Å². The van der Waals surface area contributed by atoms with Crippen LogP contribution < -0.4 is 0 Å². The van der Waals surface area contributed by atoms with Gasteiger partial charge in [-0.1, -0.05) is 6.92 Å². The normalized spacial score (nSPS) is 23.5. The molecule has 2 atom stereocenters. The summed E-state index contributed by atoms with van der Waals surface area (Å²) in [4.78, 5) is 17.7. The van der Waals surface area contributed by atoms with Crippen molar-refractivity contribution in [3.05, 3.63) is 23.3 Å². The smallest absolute Gasteiger partial charge is 0.434 e. The van der Waals surface area contributed by atoms with E-state index in [1.165, 1.54) is 0 Å². The van der Waals surface area contributed by atoms with Gasteiger partial charge in [-0.25, -0.2) is 14.8 Å². The number of hydrogen-bond acceptors (Lipinski definition) is 3. The Morgan fingerprint density at radius 2 is 2.12 bits per heavy atom. The second-order valence-electron chi connectivity index (χ2n) is 4.11. The highest BCUT2D eigenvalue weighted by Gasteiger charge is 2.42. The Morgan fingerprint density at radius 1 is 1.53 bits per heavy atom. The van der Waals surface area contributed by atoms with E-state index in [0.717, 1.165) is 12.6 Å². The summed E-state index contributed by atoms with van der Waals surface area (Å²) in [6.45, 7) is 1.88. The van der Waals surface area contributed by atoms with E-state index in [9.17, 15) is 18.0 Å². The summed E-state index contributed by atoms with van der Waals surface area (Å²) in [5.41, 5.74) is -2.27. The molecule has 1 N–H and O–H groups in total. The minimum atomic E-state index is -4.77. The van der Waals surface area contributed by atoms with E-state index >= 15 is 0 Å². The molecule has 4 nitrogen and oxygen atoms in total. The molecule has 1 saturated carbocycles. The molecule has 0 radical (unpaired) electrons. The molecular weight excluding hydrogens is 237 g/mol. The number of nitrogens with zero attached hydrogens (tertiary/aromatic N) is 2. The van der Waals surface area contributed by atoms with Gasteiger partial charge in [-0.3, -0.25) is 0 Å². The van der Waals surface area contributed by atoms with Crippen LogP contribution in [0.3, 0.4) is 0 Å². The minimum absolute atomic E-state index is 0.0785. The Balaban J connectivity index is 2.47. The molecule has 1 heterocycles. The number of hydrogen-bond donors (Lipinski definition) is 1. The third-order valence-electron chi connectivity index (χ3n) is 2.75. The van der Waals surface area contributed by atoms with Gasteiger partial charge in [-0.15, -0.1) is 0 Å². The highest BCUT2D eigenvalue weighted by molar-refractivity contribution is 5.88. The molecule has 7 heteroatoms. The Bertz CT molecular complexity index is 473. The maximum absolute atomic E-state index is 12.6. The van der Waals surface area contributed by atoms with Crippen molar-refractivity contribution in [1.82, 2.24) is 9.97 Å². The lowest BCUT2D eigenvalue weighted by Crippen LogP contribution is -2.17. The molecule has 1 aromatic rings. The zero-order chi connectivity index (χ0) is 12.8. The van der Waals surface area contributed by atoms with Crippen molar-refractivity contribution in [2.45, 2.75) is 25.4 Å². The van der Waals surface area contributed by atoms with Crippen LogP contribution in [0.4, 0.5) is 13.2 Å². The first-order valence-electron chi connectivity index (χ1n) is 4.98. The summed E-state index contributed by atoms with van der Waals surface area (Å²) < 4.78 is 37.8. The van der Waals surface area contributed by atoms with Gasteiger partial charge in [0.15, 0.2) is 5.69 Å². The molecule has 2 rings (SSSR count). The van der Waals surface area contributed by atoms with E-state index in [4.69, 9.17) is 5.11 Å². The first-order valence-corrected chi connectivity index (χ1v) is 4.98. The highest BCUT2D eigenvalue weighted by Crippen LogP contribution is 2.46. The highest BCUT2D eigenvalue weighted by atomic mass is 19.4. The predicted octanol–water partition coefficient (Wildman–Crippen LogP) is 2.32. The van der Waals surface area contributed by atoms with Gasteiger partial charge in [0.25, 0.3) is 0 Å². The van der Waals surface area contributed by atoms with E-state index in [-0.39, 0.29) is 17.7 Å². The van der Waals surface area contributed by atoms with Gasteiger partial charge >= 0.3 is 12.1 Å². The monoisotopic (exact) mass is 246 g/mol. The average Bonchev–Trinajstić information content (AvgIpc) is 2.93. The fraction of sp³-hybridized carbons (Fsp3) is 0.500. The van der Waals surface area contributed by atoms with Crippen molar-refractivity contribution in [1.29, 1.82) is 0 Å². The fourth-order valence-corrected chi connectivity index (χ4v) is 1.63. The molecule has 0 bridgehead atoms. The number of rotatable bonds is 2. The van der Waals surface area contributed by atoms with Crippen molar-refractivity contribution in [2.75, 3.05) is 0 Å². The summed E-state index contributed by atoms with van der Waals surface area (Å²) in [6.07, 6.45) is -3.30. The maximum Gasteiger partial charge on any atom is 0.434 e. The van der Waals surface area contributed by atoms with Gasteiger partial charge in [-0.2, -0.15) is 13.2 Å². The van der Waals surface area contributed by atoms with Crippen LogP contribution in [-0.2, 0) is 6.18 Å². The number of alkyl halides is 3. The van der Waals surface area contributed by atoms with E-state index in [0.29, 0.717) is 0 Å². The molecule has 17 heavy (non-hydrogen) atoms. The molecule has 0 aliphatic heterocycles. The number of carbonyl (C=O) groups is 1. The minimum Gasteiger partial charge on any atom is -0.478 e. The maximum atomic E-state index is 12.6. The largest absolute Gasteiger partial charge is 0.478 e. The van der Waals surface area contributed by atoms with Crippen LogP contribution in [-0.4, -0.2) is 21.0 Å². The van der Waals surface area contributed by atoms with E-state index in [2.05, 4.69) is 9.97 Å². The van der Waals surface area contributed by atoms with Crippen LogP contribution in [0.25, 0.3) is 0 Å². The zero-order valence-corrected chi connectivity index (χ0v) is 8.82. The molecule has 92 valence electrons. The fourth-order valence-electron chi connectivity index (χ4n) is 1.63. The van der Waals surface area contributed by atoms with Crippen LogP contribution in [0.5, 0.6) is 0 Å². The molecule has 1 aromatic heterocycles. The van der Waals surface area contributed by atoms with Crippen molar-refractivity contribution in [3.63, 3.8) is 0 Å². The molecular formula is C10H9F3N2O2. The Hall–Kier alpha value is -1.66. The molecule has 2 unspecified atom stereocenters. The number of aromatic nitrogens is 2. The van der Waals surface area contributed by atoms with Crippen LogP contribution in [0.15, 0.2) is 6.20 Å². The molecule has 0 aromatic carbocycles. The zero-order valence-electron chi connectivity index (χ0n) is 8.82. The quantitative estimate of drug-likeness (QED) is 0.869. The molecule has 0 saturated heterocycles. The Morgan fingerprint density at radius 3 is 2.53 bits per heavy atom. The second kappa shape index (κ2) is 3.68. The molecule has 1 aliphatic carbocycles. The predicted molar refractivity (Wildman–Crippen MR) is 50.5 cm³/mol. The van der Waals surface area contributed by atoms with Crippen LogP contribution in [0, 0.1) is 5.92 Å². The van der Waals surface area contributed by atoms with Gasteiger partial charge in [0.05, 0.1) is 0 Å². The van der Waals surface area contributed by atoms with E-state index < -0.39 is 23.4 Å². The van der Waals surface area contributed by atoms with Crippen LogP contribution in [0.1, 0.15) is 41.1 Å². The van der Waals surface area contributed by atoms with E-state index in [1.807, 2.05) is 6.92 Å². The third-order valence-corrected chi connectivity index (χ3v) is 2.75. The summed E-state index contributed by atoms with van der Waals surface area (Å²) in [6, 6.07) is 0. The average molecular weight is 246 g/mol. The number of carboxylic acids is 1. The molecule has 1 aliphatic rings. The van der Waals surface area contributed by atoms with Crippen LogP contribution >= 0.6 is 0 Å². The van der Waals surface area contributed by atoms with Crippen molar-refractivity contribution in [2.24, 2.45) is 5.92 Å². The Labute approximate surface area is 94.5 Å². The molecule has 0 amide bonds. The van der Waals surface area contributed by atoms with Crippen molar-refractivity contribution < 1.29 is 23.1 Å². The summed E-state index contributed by atoms with van der Waals surface area (Å²) in [7, 11) is 0. The number of halogens is 3. The van der Waals surface area contributed by atoms with Gasteiger partial charge in [0.1, 0.15) is 11.4 Å². The number of aromatic carboxylic acids is 1. The first-order chi connectivity index (χ1) is 7.80. The lowest BCUT2D eigenvalue weighted by Gasteiger charge is -2.10. The SMILES string of the molecule is CC1CC1c1ncc(C(=O)O)c(C(F)(F)F)n1. The van der Waals surface area contributed by atoms with Crippen molar-refractivity contribution in [3.8, 4) is 0 Å². The lowest BCUT2D eigenvalue weighted by atomic mass is 10.2. The van der Waals surface area contributed by atoms with E-state index in [1.54, 1.807) is 0 Å². The topological polar surface area (TPSA) is 63.1 Å². The third kappa shape index (κ3) is 2.22. The molecule has 1 fully saturated rings. The standard InChI is InChI=1S/C10H9F3N2O2/c1-4-2-5(4)8-14-3-6(9(16)17)7(15-8)10(11,12)13/h3-5H,2H2,1H3,(H,16,17). The van der Waals surface area contributed by atoms with Gasteiger partial charge in [-0.05, 0) is 12.3 Å².